The monoisotopic (exact) mass is 484 g/mol. The normalized spacial score (nSPS) is 20.1. The van der Waals surface area contributed by atoms with Crippen molar-refractivity contribution in [1.82, 2.24) is 24.8 Å². The highest BCUT2D eigenvalue weighted by atomic mass is 127. The highest BCUT2D eigenvalue weighted by Crippen LogP contribution is 2.27. The highest BCUT2D eigenvalue weighted by molar-refractivity contribution is 14.0. The van der Waals surface area contributed by atoms with Crippen molar-refractivity contribution in [2.24, 2.45) is 10.9 Å². The zero-order chi connectivity index (χ0) is 18.4. The Morgan fingerprint density at radius 2 is 2.26 bits per heavy atom. The number of pyridine rings is 1. The molecule has 1 N–H and O–H groups in total. The molecule has 2 aromatic rings. The van der Waals surface area contributed by atoms with Crippen molar-refractivity contribution in [2.45, 2.75) is 32.9 Å². The molecule has 27 heavy (non-hydrogen) atoms. The summed E-state index contributed by atoms with van der Waals surface area (Å²) in [6.45, 7) is 7.72. The molecule has 3 rings (SSSR count). The number of nitrogens with one attached hydrogen (secondary N) is 1. The Morgan fingerprint density at radius 1 is 1.41 bits per heavy atom. The summed E-state index contributed by atoms with van der Waals surface area (Å²) in [5, 5.41) is 3.43. The summed E-state index contributed by atoms with van der Waals surface area (Å²) in [6, 6.07) is 4.33. The number of piperidine rings is 1. The Labute approximate surface area is 178 Å². The van der Waals surface area contributed by atoms with Gasteiger partial charge in [-0.15, -0.1) is 24.0 Å². The highest BCUT2D eigenvalue weighted by Gasteiger charge is 2.28. The number of rotatable bonds is 5. The molecular weight excluding hydrogens is 455 g/mol. The third-order valence-corrected chi connectivity index (χ3v) is 4.90. The maximum absolute atomic E-state index is 5.34. The first-order valence-electron chi connectivity index (χ1n) is 9.21. The Morgan fingerprint density at radius 3 is 2.96 bits per heavy atom. The number of hydrogen-bond donors (Lipinski definition) is 1. The van der Waals surface area contributed by atoms with Gasteiger partial charge < -0.3 is 19.5 Å². The molecule has 3 heterocycles. The van der Waals surface area contributed by atoms with Crippen LogP contribution in [0.25, 0.3) is 0 Å². The molecule has 0 aromatic carbocycles. The topological polar surface area (TPSA) is 67.6 Å². The first kappa shape index (κ1) is 21.5. The van der Waals surface area contributed by atoms with Crippen LogP contribution in [0.5, 0.6) is 5.88 Å². The minimum absolute atomic E-state index is 0. The largest absolute Gasteiger partial charge is 0.481 e. The molecule has 2 atom stereocenters. The lowest BCUT2D eigenvalue weighted by atomic mass is 9.93. The third kappa shape index (κ3) is 5.33. The third-order valence-electron chi connectivity index (χ3n) is 4.90. The summed E-state index contributed by atoms with van der Waals surface area (Å²) in [7, 11) is 1.64. The Bertz CT molecular complexity index is 721. The van der Waals surface area contributed by atoms with Gasteiger partial charge in [-0.3, -0.25) is 0 Å². The second-order valence-electron chi connectivity index (χ2n) is 6.63. The molecule has 0 radical (unpaired) electrons. The van der Waals surface area contributed by atoms with E-state index in [0.29, 0.717) is 24.4 Å². The van der Waals surface area contributed by atoms with Gasteiger partial charge >= 0.3 is 0 Å². The van der Waals surface area contributed by atoms with Crippen LogP contribution in [-0.2, 0) is 6.54 Å². The van der Waals surface area contributed by atoms with Gasteiger partial charge in [-0.05, 0) is 25.3 Å². The number of methoxy groups -OCH3 is 1. The first-order valence-corrected chi connectivity index (χ1v) is 9.21. The number of aromatic nitrogens is 3. The van der Waals surface area contributed by atoms with Crippen LogP contribution < -0.4 is 10.1 Å². The Kier molecular flexibility index (Phi) is 8.33. The molecule has 0 saturated carbocycles. The average Bonchev–Trinajstić information content (AvgIpc) is 3.20. The molecule has 1 aliphatic heterocycles. The second kappa shape index (κ2) is 10.5. The SMILES string of the molecule is CCNC(=NCc1cccnc1OC)N1CCC(C)C(n2ccnc2)C1.I. The Hall–Kier alpha value is -1.84. The summed E-state index contributed by atoms with van der Waals surface area (Å²) >= 11 is 0. The zero-order valence-electron chi connectivity index (χ0n) is 16.2. The standard InChI is InChI=1S/C19H28N6O.HI/c1-4-21-19(23-12-16-6-5-8-22-18(16)26-3)24-10-7-15(2)17(13-24)25-11-9-20-14-25;/h5-6,8-9,11,14-15,17H,4,7,10,12-13H2,1-3H3,(H,21,23);1H. The van der Waals surface area contributed by atoms with Crippen LogP contribution in [0.15, 0.2) is 42.0 Å². The fourth-order valence-electron chi connectivity index (χ4n) is 3.41. The van der Waals surface area contributed by atoms with Gasteiger partial charge in [0.2, 0.25) is 5.88 Å². The fourth-order valence-corrected chi connectivity index (χ4v) is 3.41. The summed E-state index contributed by atoms with van der Waals surface area (Å²) in [4.78, 5) is 15.7. The van der Waals surface area contributed by atoms with Crippen LogP contribution >= 0.6 is 24.0 Å². The molecule has 0 amide bonds. The number of guanidine groups is 1. The van der Waals surface area contributed by atoms with Crippen molar-refractivity contribution in [3.05, 3.63) is 42.6 Å². The second-order valence-corrected chi connectivity index (χ2v) is 6.63. The minimum atomic E-state index is 0. The molecular formula is C19H29IN6O. The number of aliphatic imine (C=N–C) groups is 1. The summed E-state index contributed by atoms with van der Waals surface area (Å²) in [5.41, 5.74) is 0.988. The Balaban J connectivity index is 0.00000261. The van der Waals surface area contributed by atoms with Gasteiger partial charge in [0.15, 0.2) is 5.96 Å². The van der Waals surface area contributed by atoms with Gasteiger partial charge in [0, 0.05) is 43.8 Å². The van der Waals surface area contributed by atoms with Crippen molar-refractivity contribution in [3.8, 4) is 5.88 Å². The van der Waals surface area contributed by atoms with Crippen molar-refractivity contribution in [2.75, 3.05) is 26.7 Å². The van der Waals surface area contributed by atoms with E-state index in [0.717, 1.165) is 37.6 Å². The molecule has 148 valence electrons. The predicted molar refractivity (Wildman–Crippen MR) is 118 cm³/mol. The number of nitrogens with zero attached hydrogens (tertiary/aromatic N) is 5. The van der Waals surface area contributed by atoms with Gasteiger partial charge in [0.25, 0.3) is 0 Å². The van der Waals surface area contributed by atoms with Gasteiger partial charge in [0.05, 0.1) is 26.0 Å². The number of halogens is 1. The molecule has 2 aromatic heterocycles. The van der Waals surface area contributed by atoms with E-state index in [1.54, 1.807) is 13.3 Å². The molecule has 8 heteroatoms. The molecule has 1 aliphatic rings. The molecule has 2 unspecified atom stereocenters. The van der Waals surface area contributed by atoms with Crippen molar-refractivity contribution < 1.29 is 4.74 Å². The van der Waals surface area contributed by atoms with Gasteiger partial charge in [-0.1, -0.05) is 13.0 Å². The maximum atomic E-state index is 5.34. The van der Waals surface area contributed by atoms with E-state index in [1.165, 1.54) is 0 Å². The van der Waals surface area contributed by atoms with E-state index in [4.69, 9.17) is 9.73 Å². The van der Waals surface area contributed by atoms with Crippen molar-refractivity contribution in [1.29, 1.82) is 0 Å². The van der Waals surface area contributed by atoms with E-state index in [2.05, 4.69) is 44.8 Å². The summed E-state index contributed by atoms with van der Waals surface area (Å²) < 4.78 is 7.55. The van der Waals surface area contributed by atoms with Gasteiger partial charge in [-0.25, -0.2) is 15.0 Å². The van der Waals surface area contributed by atoms with Crippen LogP contribution in [-0.4, -0.2) is 52.1 Å². The molecule has 7 nitrogen and oxygen atoms in total. The van der Waals surface area contributed by atoms with E-state index >= 15 is 0 Å². The fraction of sp³-hybridized carbons (Fsp3) is 0.526. The molecule has 1 fully saturated rings. The number of hydrogen-bond acceptors (Lipinski definition) is 4. The number of imidazole rings is 1. The lowest BCUT2D eigenvalue weighted by molar-refractivity contribution is 0.189. The maximum Gasteiger partial charge on any atom is 0.218 e. The quantitative estimate of drug-likeness (QED) is 0.402. The van der Waals surface area contributed by atoms with E-state index in [1.807, 2.05) is 24.7 Å². The van der Waals surface area contributed by atoms with Gasteiger partial charge in [-0.2, -0.15) is 0 Å². The van der Waals surface area contributed by atoms with Crippen molar-refractivity contribution in [3.63, 3.8) is 0 Å². The van der Waals surface area contributed by atoms with Crippen LogP contribution in [0.3, 0.4) is 0 Å². The molecule has 1 saturated heterocycles. The van der Waals surface area contributed by atoms with Crippen LogP contribution in [0.4, 0.5) is 0 Å². The van der Waals surface area contributed by atoms with E-state index in [9.17, 15) is 0 Å². The van der Waals surface area contributed by atoms with Crippen molar-refractivity contribution >= 4 is 29.9 Å². The number of likely N-dealkylation sites (tertiary alicyclic amines) is 1. The minimum Gasteiger partial charge on any atom is -0.481 e. The first-order chi connectivity index (χ1) is 12.7. The summed E-state index contributed by atoms with van der Waals surface area (Å²) in [5.74, 6) is 2.19. The summed E-state index contributed by atoms with van der Waals surface area (Å²) in [6.07, 6.45) is 8.67. The predicted octanol–water partition coefficient (Wildman–Crippen LogP) is 2.95. The lowest BCUT2D eigenvalue weighted by Crippen LogP contribution is -2.49. The van der Waals surface area contributed by atoms with Crippen LogP contribution in [0, 0.1) is 5.92 Å². The van der Waals surface area contributed by atoms with E-state index in [-0.39, 0.29) is 24.0 Å². The smallest absolute Gasteiger partial charge is 0.218 e. The number of ether oxygens (including phenoxy) is 1. The zero-order valence-corrected chi connectivity index (χ0v) is 18.5. The van der Waals surface area contributed by atoms with Crippen LogP contribution in [0.1, 0.15) is 31.9 Å². The van der Waals surface area contributed by atoms with Gasteiger partial charge in [0.1, 0.15) is 0 Å². The molecule has 0 spiro atoms. The lowest BCUT2D eigenvalue weighted by Gasteiger charge is -2.39. The molecule has 0 aliphatic carbocycles. The molecule has 0 bridgehead atoms. The average molecular weight is 484 g/mol. The van der Waals surface area contributed by atoms with Crippen LogP contribution in [0.2, 0.25) is 0 Å². The van der Waals surface area contributed by atoms with E-state index < -0.39 is 0 Å².